The molecule has 0 bridgehead atoms. The van der Waals surface area contributed by atoms with Crippen LogP contribution in [-0.2, 0) is 14.8 Å². The zero-order chi connectivity index (χ0) is 7.07. The summed E-state index contributed by atoms with van der Waals surface area (Å²) in [7, 11) is -3.21. The lowest BCUT2D eigenvalue weighted by Crippen LogP contribution is -2.57. The molecule has 1 atom stereocenters. The average molecular weight is 151 g/mol. The molecule has 9 heavy (non-hydrogen) atoms. The van der Waals surface area contributed by atoms with Crippen molar-refractivity contribution in [2.75, 3.05) is 5.75 Å². The highest BCUT2D eigenvalue weighted by atomic mass is 32.2. The first-order chi connectivity index (χ1) is 4.01. The van der Waals surface area contributed by atoms with Gasteiger partial charge in [-0.25, -0.2) is 8.42 Å². The third-order valence-electron chi connectivity index (χ3n) is 1.01. The predicted molar refractivity (Wildman–Crippen MR) is 28.3 cm³/mol. The maximum Gasteiger partial charge on any atom is 0.322 e. The molecule has 1 heterocycles. The number of hydrogen-bond acceptors (Lipinski definition) is 3. The smallest absolute Gasteiger partial charge is 0.322 e. The molecule has 0 unspecified atom stereocenters. The van der Waals surface area contributed by atoms with Crippen LogP contribution in [0.2, 0.25) is 0 Å². The SMILES string of the molecule is O=C(O)[C@H]1CS(=O)(=O)N1. The van der Waals surface area contributed by atoms with Gasteiger partial charge < -0.3 is 5.11 Å². The largest absolute Gasteiger partial charge is 0.480 e. The molecule has 1 fully saturated rings. The Morgan fingerprint density at radius 3 is 2.22 bits per heavy atom. The van der Waals surface area contributed by atoms with Gasteiger partial charge in [-0.05, 0) is 0 Å². The summed E-state index contributed by atoms with van der Waals surface area (Å²) in [6.07, 6.45) is 0. The van der Waals surface area contributed by atoms with Crippen molar-refractivity contribution in [3.8, 4) is 0 Å². The number of carboxylic acid groups (broad SMARTS) is 1. The first kappa shape index (κ1) is 6.50. The standard InChI is InChI=1S/C3H5NO4S/c5-3(6)2-1-9(7,8)4-2/h2,4H,1H2,(H,5,6)/t2-/m1/s1. The van der Waals surface area contributed by atoms with E-state index in [0.29, 0.717) is 0 Å². The van der Waals surface area contributed by atoms with E-state index < -0.39 is 22.0 Å². The molecule has 1 saturated heterocycles. The fraction of sp³-hybridized carbons (Fsp3) is 0.667. The van der Waals surface area contributed by atoms with Crippen LogP contribution in [0.4, 0.5) is 0 Å². The summed E-state index contributed by atoms with van der Waals surface area (Å²) in [5.74, 6) is -1.41. The van der Waals surface area contributed by atoms with Gasteiger partial charge >= 0.3 is 5.97 Å². The normalized spacial score (nSPS) is 30.9. The summed E-state index contributed by atoms with van der Waals surface area (Å²) in [6.45, 7) is 0. The van der Waals surface area contributed by atoms with E-state index in [1.165, 1.54) is 0 Å². The summed E-state index contributed by atoms with van der Waals surface area (Å²) in [5.41, 5.74) is 0. The lowest BCUT2D eigenvalue weighted by atomic mass is 10.4. The number of carboxylic acids is 1. The summed E-state index contributed by atoms with van der Waals surface area (Å²) in [4.78, 5) is 9.94. The zero-order valence-corrected chi connectivity index (χ0v) is 5.18. The number of nitrogens with one attached hydrogen (secondary N) is 1. The second kappa shape index (κ2) is 1.68. The molecule has 1 aliphatic heterocycles. The van der Waals surface area contributed by atoms with Crippen molar-refractivity contribution in [1.82, 2.24) is 4.72 Å². The van der Waals surface area contributed by atoms with Gasteiger partial charge in [-0.2, -0.15) is 4.72 Å². The van der Waals surface area contributed by atoms with Crippen LogP contribution in [0.25, 0.3) is 0 Å². The van der Waals surface area contributed by atoms with Crippen molar-refractivity contribution in [1.29, 1.82) is 0 Å². The van der Waals surface area contributed by atoms with E-state index in [-0.39, 0.29) is 5.75 Å². The second-order valence-electron chi connectivity index (χ2n) is 1.79. The summed E-state index contributed by atoms with van der Waals surface area (Å²) < 4.78 is 22.3. The topological polar surface area (TPSA) is 83.5 Å². The maximum atomic E-state index is 10.2. The van der Waals surface area contributed by atoms with Gasteiger partial charge in [0.25, 0.3) is 0 Å². The number of aliphatic carboxylic acids is 1. The monoisotopic (exact) mass is 151 g/mol. The van der Waals surface area contributed by atoms with Gasteiger partial charge in [0.05, 0.1) is 5.75 Å². The number of carbonyl (C=O) groups is 1. The number of rotatable bonds is 1. The Labute approximate surface area is 51.7 Å². The molecule has 2 N–H and O–H groups in total. The van der Waals surface area contributed by atoms with E-state index in [2.05, 4.69) is 0 Å². The minimum Gasteiger partial charge on any atom is -0.480 e. The van der Waals surface area contributed by atoms with Crippen molar-refractivity contribution < 1.29 is 18.3 Å². The third kappa shape index (κ3) is 1.19. The van der Waals surface area contributed by atoms with E-state index in [4.69, 9.17) is 5.11 Å². The molecule has 0 aromatic carbocycles. The van der Waals surface area contributed by atoms with Crippen molar-refractivity contribution in [3.05, 3.63) is 0 Å². The van der Waals surface area contributed by atoms with E-state index in [9.17, 15) is 13.2 Å². The van der Waals surface area contributed by atoms with E-state index >= 15 is 0 Å². The van der Waals surface area contributed by atoms with Crippen molar-refractivity contribution in [3.63, 3.8) is 0 Å². The summed E-state index contributed by atoms with van der Waals surface area (Å²) in [6, 6.07) is -0.894. The molecule has 0 aliphatic carbocycles. The average Bonchev–Trinajstić information content (AvgIpc) is 1.59. The molecule has 6 heteroatoms. The van der Waals surface area contributed by atoms with Crippen LogP contribution in [0.1, 0.15) is 0 Å². The molecule has 0 aromatic rings. The van der Waals surface area contributed by atoms with Crippen LogP contribution in [-0.4, -0.2) is 31.3 Å². The highest BCUT2D eigenvalue weighted by Crippen LogP contribution is 2.04. The fourth-order valence-electron chi connectivity index (χ4n) is 0.541. The van der Waals surface area contributed by atoms with Gasteiger partial charge in [-0.1, -0.05) is 0 Å². The molecule has 0 spiro atoms. The highest BCUT2D eigenvalue weighted by Gasteiger charge is 2.37. The molecule has 1 rings (SSSR count). The lowest BCUT2D eigenvalue weighted by molar-refractivity contribution is -0.138. The molecule has 52 valence electrons. The van der Waals surface area contributed by atoms with Gasteiger partial charge in [-0.15, -0.1) is 0 Å². The van der Waals surface area contributed by atoms with Crippen LogP contribution in [0.3, 0.4) is 0 Å². The maximum absolute atomic E-state index is 10.2. The molecule has 0 aromatic heterocycles. The Hall–Kier alpha value is -0.620. The Morgan fingerprint density at radius 2 is 2.11 bits per heavy atom. The quantitative estimate of drug-likeness (QED) is 0.471. The van der Waals surface area contributed by atoms with Gasteiger partial charge in [0.2, 0.25) is 10.0 Å². The van der Waals surface area contributed by atoms with Crippen LogP contribution in [0, 0.1) is 0 Å². The van der Waals surface area contributed by atoms with Gasteiger partial charge in [0.15, 0.2) is 0 Å². The van der Waals surface area contributed by atoms with Gasteiger partial charge in [0, 0.05) is 0 Å². The van der Waals surface area contributed by atoms with E-state index in [0.717, 1.165) is 0 Å². The van der Waals surface area contributed by atoms with Crippen LogP contribution >= 0.6 is 0 Å². The molecule has 1 aliphatic rings. The minimum atomic E-state index is -3.21. The van der Waals surface area contributed by atoms with Crippen LogP contribution in [0.5, 0.6) is 0 Å². The Balaban J connectivity index is 2.55. The van der Waals surface area contributed by atoms with Crippen molar-refractivity contribution in [2.45, 2.75) is 6.04 Å². The second-order valence-corrected chi connectivity index (χ2v) is 3.59. The molecule has 0 amide bonds. The van der Waals surface area contributed by atoms with Crippen LogP contribution in [0.15, 0.2) is 0 Å². The first-order valence-electron chi connectivity index (χ1n) is 2.24. The molecule has 0 radical (unpaired) electrons. The Kier molecular flexibility index (Phi) is 1.21. The summed E-state index contributed by atoms with van der Waals surface area (Å²) >= 11 is 0. The molecule has 5 nitrogen and oxygen atoms in total. The first-order valence-corrected chi connectivity index (χ1v) is 3.89. The van der Waals surface area contributed by atoms with E-state index in [1.807, 2.05) is 4.72 Å². The van der Waals surface area contributed by atoms with Crippen LogP contribution < -0.4 is 4.72 Å². The molecular formula is C3H5NO4S. The number of sulfonamides is 1. The lowest BCUT2D eigenvalue weighted by Gasteiger charge is -2.22. The van der Waals surface area contributed by atoms with Crippen molar-refractivity contribution in [2.24, 2.45) is 0 Å². The summed E-state index contributed by atoms with van der Waals surface area (Å²) in [5, 5.41) is 8.14. The molecule has 0 saturated carbocycles. The molecular weight excluding hydrogens is 146 g/mol. The third-order valence-corrected chi connectivity index (χ3v) is 2.42. The zero-order valence-electron chi connectivity index (χ0n) is 4.36. The fourth-order valence-corrected chi connectivity index (χ4v) is 1.62. The van der Waals surface area contributed by atoms with Gasteiger partial charge in [0.1, 0.15) is 6.04 Å². The number of hydrogen-bond donors (Lipinski definition) is 2. The Morgan fingerprint density at radius 1 is 1.67 bits per heavy atom. The minimum absolute atomic E-state index is 0.289. The Bertz CT molecular complexity index is 218. The van der Waals surface area contributed by atoms with E-state index in [1.54, 1.807) is 0 Å². The predicted octanol–water partition coefficient (Wildman–Crippen LogP) is -1.63. The van der Waals surface area contributed by atoms with Crippen molar-refractivity contribution >= 4 is 16.0 Å². The highest BCUT2D eigenvalue weighted by molar-refractivity contribution is 7.91. The van der Waals surface area contributed by atoms with Gasteiger partial charge in [-0.3, -0.25) is 4.79 Å².